The van der Waals surface area contributed by atoms with Gasteiger partial charge in [-0.25, -0.2) is 0 Å². The van der Waals surface area contributed by atoms with Gasteiger partial charge in [0.2, 0.25) is 0 Å². The molecule has 3 aliphatic rings. The van der Waals surface area contributed by atoms with Crippen LogP contribution >= 0.6 is 11.8 Å². The molecule has 1 N–H and O–H groups in total. The SMILES string of the molecule is CC1(C)CCSC(=NC2CCN3CCCCC23)N1. The normalized spacial score (nSPS) is 38.4. The molecule has 3 aliphatic heterocycles. The highest BCUT2D eigenvalue weighted by molar-refractivity contribution is 8.13. The van der Waals surface area contributed by atoms with Crippen LogP contribution in [0.2, 0.25) is 0 Å². The van der Waals surface area contributed by atoms with Crippen LogP contribution in [0.4, 0.5) is 0 Å². The van der Waals surface area contributed by atoms with E-state index >= 15 is 0 Å². The van der Waals surface area contributed by atoms with Crippen LogP contribution in [0.25, 0.3) is 0 Å². The summed E-state index contributed by atoms with van der Waals surface area (Å²) in [5, 5.41) is 4.81. The van der Waals surface area contributed by atoms with Crippen molar-refractivity contribution in [3.05, 3.63) is 0 Å². The fourth-order valence-corrected chi connectivity index (χ4v) is 4.75. The van der Waals surface area contributed by atoms with E-state index in [0.717, 1.165) is 6.04 Å². The number of thioether (sulfide) groups is 1. The highest BCUT2D eigenvalue weighted by Crippen LogP contribution is 2.30. The summed E-state index contributed by atoms with van der Waals surface area (Å²) in [6.07, 6.45) is 6.64. The van der Waals surface area contributed by atoms with Crippen LogP contribution in [0, 0.1) is 0 Å². The minimum atomic E-state index is 0.231. The number of fused-ring (bicyclic) bond motifs is 1. The highest BCUT2D eigenvalue weighted by Gasteiger charge is 2.36. The number of nitrogens with one attached hydrogen (secondary N) is 1. The van der Waals surface area contributed by atoms with Gasteiger partial charge in [0.1, 0.15) is 0 Å². The Morgan fingerprint density at radius 1 is 1.28 bits per heavy atom. The van der Waals surface area contributed by atoms with Gasteiger partial charge in [-0.3, -0.25) is 9.89 Å². The molecule has 0 radical (unpaired) electrons. The van der Waals surface area contributed by atoms with Gasteiger partial charge in [0.05, 0.1) is 6.04 Å². The Labute approximate surface area is 115 Å². The minimum Gasteiger partial charge on any atom is -0.360 e. The molecule has 0 aromatic heterocycles. The summed E-state index contributed by atoms with van der Waals surface area (Å²) in [4.78, 5) is 7.71. The molecule has 2 atom stereocenters. The van der Waals surface area contributed by atoms with E-state index in [9.17, 15) is 0 Å². The smallest absolute Gasteiger partial charge is 0.157 e. The average molecular weight is 267 g/mol. The molecule has 3 saturated heterocycles. The van der Waals surface area contributed by atoms with Gasteiger partial charge in [-0.1, -0.05) is 18.2 Å². The van der Waals surface area contributed by atoms with Crippen molar-refractivity contribution < 1.29 is 0 Å². The zero-order valence-electron chi connectivity index (χ0n) is 11.6. The number of amidine groups is 1. The van der Waals surface area contributed by atoms with Crippen LogP contribution in [-0.2, 0) is 0 Å². The van der Waals surface area contributed by atoms with Crippen molar-refractivity contribution in [2.24, 2.45) is 4.99 Å². The molecule has 0 saturated carbocycles. The molecule has 102 valence electrons. The fraction of sp³-hybridized carbons (Fsp3) is 0.929. The molecular formula is C14H25N3S. The highest BCUT2D eigenvalue weighted by atomic mass is 32.2. The zero-order valence-corrected chi connectivity index (χ0v) is 12.4. The zero-order chi connectivity index (χ0) is 12.6. The Kier molecular flexibility index (Phi) is 3.59. The second kappa shape index (κ2) is 5.04. The van der Waals surface area contributed by atoms with Crippen LogP contribution in [0.15, 0.2) is 4.99 Å². The summed E-state index contributed by atoms with van der Waals surface area (Å²) in [7, 11) is 0. The van der Waals surface area contributed by atoms with E-state index in [2.05, 4.69) is 24.1 Å². The Morgan fingerprint density at radius 3 is 3.00 bits per heavy atom. The molecule has 3 rings (SSSR count). The maximum Gasteiger partial charge on any atom is 0.157 e. The third kappa shape index (κ3) is 2.69. The molecule has 0 amide bonds. The molecule has 2 unspecified atom stereocenters. The summed E-state index contributed by atoms with van der Waals surface area (Å²) in [5.41, 5.74) is 0.231. The lowest BCUT2D eigenvalue weighted by molar-refractivity contribution is 0.190. The van der Waals surface area contributed by atoms with E-state index in [1.165, 1.54) is 56.1 Å². The van der Waals surface area contributed by atoms with E-state index in [-0.39, 0.29) is 5.54 Å². The van der Waals surface area contributed by atoms with Gasteiger partial charge in [0.15, 0.2) is 5.17 Å². The molecule has 0 aromatic carbocycles. The van der Waals surface area contributed by atoms with Crippen LogP contribution in [0.3, 0.4) is 0 Å². The summed E-state index contributed by atoms with van der Waals surface area (Å²) in [6.45, 7) is 7.13. The largest absolute Gasteiger partial charge is 0.360 e. The van der Waals surface area contributed by atoms with Crippen molar-refractivity contribution in [3.8, 4) is 0 Å². The Bertz CT molecular complexity index is 340. The van der Waals surface area contributed by atoms with Crippen molar-refractivity contribution >= 4 is 16.9 Å². The van der Waals surface area contributed by atoms with Crippen molar-refractivity contribution in [1.29, 1.82) is 0 Å². The monoisotopic (exact) mass is 267 g/mol. The van der Waals surface area contributed by atoms with Crippen molar-refractivity contribution in [2.45, 2.75) is 63.6 Å². The van der Waals surface area contributed by atoms with Gasteiger partial charge >= 0.3 is 0 Å². The Balaban J connectivity index is 1.68. The lowest BCUT2D eigenvalue weighted by atomic mass is 9.99. The molecule has 0 aliphatic carbocycles. The predicted molar refractivity (Wildman–Crippen MR) is 79.3 cm³/mol. The summed E-state index contributed by atoms with van der Waals surface area (Å²) in [5.74, 6) is 1.21. The first kappa shape index (κ1) is 12.8. The fourth-order valence-electron chi connectivity index (χ4n) is 3.38. The van der Waals surface area contributed by atoms with E-state index in [0.29, 0.717) is 6.04 Å². The van der Waals surface area contributed by atoms with Gasteiger partial charge < -0.3 is 5.32 Å². The van der Waals surface area contributed by atoms with Crippen molar-refractivity contribution in [1.82, 2.24) is 10.2 Å². The molecule has 3 fully saturated rings. The lowest BCUT2D eigenvalue weighted by Gasteiger charge is -2.34. The van der Waals surface area contributed by atoms with Gasteiger partial charge in [-0.15, -0.1) is 0 Å². The van der Waals surface area contributed by atoms with Crippen molar-refractivity contribution in [2.75, 3.05) is 18.8 Å². The molecular weight excluding hydrogens is 242 g/mol. The lowest BCUT2D eigenvalue weighted by Crippen LogP contribution is -2.47. The number of nitrogens with zero attached hydrogens (tertiary/aromatic N) is 2. The Hall–Kier alpha value is -0.220. The summed E-state index contributed by atoms with van der Waals surface area (Å²) in [6, 6.07) is 1.29. The van der Waals surface area contributed by atoms with E-state index in [1.807, 2.05) is 11.8 Å². The number of hydrogen-bond acceptors (Lipinski definition) is 3. The van der Waals surface area contributed by atoms with Gasteiger partial charge in [0, 0.05) is 23.9 Å². The first-order chi connectivity index (χ1) is 8.64. The molecule has 3 heterocycles. The molecule has 0 aromatic rings. The maximum atomic E-state index is 5.04. The maximum absolute atomic E-state index is 5.04. The van der Waals surface area contributed by atoms with E-state index in [4.69, 9.17) is 4.99 Å². The van der Waals surface area contributed by atoms with Crippen LogP contribution in [-0.4, -0.2) is 46.5 Å². The van der Waals surface area contributed by atoms with E-state index < -0.39 is 0 Å². The van der Waals surface area contributed by atoms with Crippen LogP contribution < -0.4 is 5.32 Å². The van der Waals surface area contributed by atoms with E-state index in [1.54, 1.807) is 0 Å². The third-order valence-corrected chi connectivity index (χ3v) is 5.40. The molecule has 18 heavy (non-hydrogen) atoms. The van der Waals surface area contributed by atoms with Crippen LogP contribution in [0.1, 0.15) is 46.0 Å². The van der Waals surface area contributed by atoms with Gasteiger partial charge in [-0.05, 0) is 46.1 Å². The minimum absolute atomic E-state index is 0.231. The molecule has 4 heteroatoms. The predicted octanol–water partition coefficient (Wildman–Crippen LogP) is 2.47. The number of rotatable bonds is 1. The quantitative estimate of drug-likeness (QED) is 0.791. The average Bonchev–Trinajstić information content (AvgIpc) is 2.72. The number of piperidine rings is 1. The summed E-state index contributed by atoms with van der Waals surface area (Å²) >= 11 is 1.91. The molecule has 0 bridgehead atoms. The van der Waals surface area contributed by atoms with Crippen molar-refractivity contribution in [3.63, 3.8) is 0 Å². The van der Waals surface area contributed by atoms with Gasteiger partial charge in [0.25, 0.3) is 0 Å². The molecule has 0 spiro atoms. The molecule has 3 nitrogen and oxygen atoms in total. The number of hydrogen-bond donors (Lipinski definition) is 1. The third-order valence-electron chi connectivity index (χ3n) is 4.51. The summed E-state index contributed by atoms with van der Waals surface area (Å²) < 4.78 is 0. The first-order valence-corrected chi connectivity index (χ1v) is 8.35. The number of aliphatic imine (C=N–C) groups is 1. The second-order valence-electron chi connectivity index (χ2n) is 6.50. The second-order valence-corrected chi connectivity index (χ2v) is 7.58. The topological polar surface area (TPSA) is 27.6 Å². The standard InChI is InChI=1S/C14H25N3S/c1-14(2)7-10-18-13(16-14)15-11-6-9-17-8-4-3-5-12(11)17/h11-12H,3-10H2,1-2H3,(H,15,16). The Morgan fingerprint density at radius 2 is 2.17 bits per heavy atom. The first-order valence-electron chi connectivity index (χ1n) is 7.37. The van der Waals surface area contributed by atoms with Gasteiger partial charge in [-0.2, -0.15) is 0 Å². The van der Waals surface area contributed by atoms with Crippen LogP contribution in [0.5, 0.6) is 0 Å².